The summed E-state index contributed by atoms with van der Waals surface area (Å²) in [5, 5.41) is -0.782. The van der Waals surface area contributed by atoms with Crippen LogP contribution in [0.1, 0.15) is 23.4 Å². The predicted octanol–water partition coefficient (Wildman–Crippen LogP) is 5.45. The van der Waals surface area contributed by atoms with Gasteiger partial charge >= 0.3 is 0 Å². The standard InChI is InChI=1S/C15H12BrClF2O/c1-2-20-9-6-7-10(12(16)8-9)14(17)11-4-3-5-13(18)15(11)19/h3-8,14H,2H2,1H3. The molecule has 0 fully saturated rings. The highest BCUT2D eigenvalue weighted by Gasteiger charge is 2.20. The van der Waals surface area contributed by atoms with E-state index in [1.807, 2.05) is 6.92 Å². The van der Waals surface area contributed by atoms with Gasteiger partial charge in [-0.2, -0.15) is 0 Å². The minimum atomic E-state index is -0.923. The summed E-state index contributed by atoms with van der Waals surface area (Å²) in [6.07, 6.45) is 0. The van der Waals surface area contributed by atoms with Gasteiger partial charge in [-0.1, -0.05) is 34.1 Å². The third-order valence-electron chi connectivity index (χ3n) is 2.81. The second-order valence-corrected chi connectivity index (χ2v) is 5.41. The van der Waals surface area contributed by atoms with Crippen LogP contribution in [0.15, 0.2) is 40.9 Å². The van der Waals surface area contributed by atoms with Gasteiger partial charge in [0.1, 0.15) is 5.75 Å². The molecule has 0 N–H and O–H groups in total. The zero-order valence-corrected chi connectivity index (χ0v) is 13.0. The second-order valence-electron chi connectivity index (χ2n) is 4.12. The van der Waals surface area contributed by atoms with Gasteiger partial charge in [-0.3, -0.25) is 0 Å². The molecule has 0 heterocycles. The van der Waals surface area contributed by atoms with Gasteiger partial charge < -0.3 is 4.74 Å². The number of benzene rings is 2. The van der Waals surface area contributed by atoms with Crippen molar-refractivity contribution in [2.75, 3.05) is 6.61 Å². The van der Waals surface area contributed by atoms with E-state index in [4.69, 9.17) is 16.3 Å². The Kier molecular flexibility index (Phi) is 5.00. The van der Waals surface area contributed by atoms with E-state index in [0.717, 1.165) is 6.07 Å². The van der Waals surface area contributed by atoms with E-state index in [1.165, 1.54) is 12.1 Å². The molecule has 0 saturated heterocycles. The molecule has 2 aromatic carbocycles. The first-order chi connectivity index (χ1) is 9.54. The van der Waals surface area contributed by atoms with Gasteiger partial charge in [-0.15, -0.1) is 11.6 Å². The predicted molar refractivity (Wildman–Crippen MR) is 79.4 cm³/mol. The van der Waals surface area contributed by atoms with Gasteiger partial charge in [-0.05, 0) is 30.7 Å². The Morgan fingerprint density at radius 3 is 2.60 bits per heavy atom. The molecule has 0 aromatic heterocycles. The van der Waals surface area contributed by atoms with Gasteiger partial charge in [0.25, 0.3) is 0 Å². The third-order valence-corrected chi connectivity index (χ3v) is 3.97. The molecular weight excluding hydrogens is 350 g/mol. The summed E-state index contributed by atoms with van der Waals surface area (Å²) in [5.41, 5.74) is 0.760. The van der Waals surface area contributed by atoms with Gasteiger partial charge in [0.2, 0.25) is 0 Å². The zero-order valence-electron chi connectivity index (χ0n) is 10.7. The van der Waals surface area contributed by atoms with Crippen molar-refractivity contribution in [3.05, 3.63) is 63.6 Å². The lowest BCUT2D eigenvalue weighted by atomic mass is 10.0. The average Bonchev–Trinajstić information content (AvgIpc) is 2.42. The lowest BCUT2D eigenvalue weighted by Crippen LogP contribution is -2.01. The SMILES string of the molecule is CCOc1ccc(C(Cl)c2cccc(F)c2F)c(Br)c1. The largest absolute Gasteiger partial charge is 0.494 e. The van der Waals surface area contributed by atoms with E-state index in [-0.39, 0.29) is 5.56 Å². The van der Waals surface area contributed by atoms with Crippen molar-refractivity contribution < 1.29 is 13.5 Å². The summed E-state index contributed by atoms with van der Waals surface area (Å²) in [5.74, 6) is -1.14. The lowest BCUT2D eigenvalue weighted by Gasteiger charge is -2.14. The Hall–Kier alpha value is -1.13. The van der Waals surface area contributed by atoms with Crippen LogP contribution < -0.4 is 4.74 Å². The van der Waals surface area contributed by atoms with Crippen LogP contribution in [-0.2, 0) is 0 Å². The van der Waals surface area contributed by atoms with Gasteiger partial charge in [-0.25, -0.2) is 8.78 Å². The minimum absolute atomic E-state index is 0.108. The Morgan fingerprint density at radius 1 is 1.20 bits per heavy atom. The first kappa shape index (κ1) is 15.3. The molecular formula is C15H12BrClF2O. The van der Waals surface area contributed by atoms with E-state index in [9.17, 15) is 8.78 Å². The highest BCUT2D eigenvalue weighted by Crippen LogP contribution is 2.37. The quantitative estimate of drug-likeness (QED) is 0.658. The number of hydrogen-bond donors (Lipinski definition) is 0. The summed E-state index contributed by atoms with van der Waals surface area (Å²) in [4.78, 5) is 0. The summed E-state index contributed by atoms with van der Waals surface area (Å²) >= 11 is 9.64. The molecule has 5 heteroatoms. The van der Waals surface area contributed by atoms with Crippen LogP contribution in [0.25, 0.3) is 0 Å². The molecule has 106 valence electrons. The summed E-state index contributed by atoms with van der Waals surface area (Å²) < 4.78 is 33.1. The molecule has 1 nitrogen and oxygen atoms in total. The molecule has 2 aromatic rings. The molecule has 20 heavy (non-hydrogen) atoms. The monoisotopic (exact) mass is 360 g/mol. The van der Waals surface area contributed by atoms with Crippen molar-refractivity contribution in [2.24, 2.45) is 0 Å². The van der Waals surface area contributed by atoms with E-state index in [1.54, 1.807) is 18.2 Å². The molecule has 0 saturated carbocycles. The first-order valence-electron chi connectivity index (χ1n) is 6.04. The fraction of sp³-hybridized carbons (Fsp3) is 0.200. The fourth-order valence-corrected chi connectivity index (χ4v) is 2.93. The van der Waals surface area contributed by atoms with E-state index >= 15 is 0 Å². The number of alkyl halides is 1. The molecule has 0 amide bonds. The molecule has 1 atom stereocenters. The maximum absolute atomic E-state index is 13.8. The van der Waals surface area contributed by atoms with Crippen LogP contribution in [-0.4, -0.2) is 6.61 Å². The molecule has 0 radical (unpaired) electrons. The Balaban J connectivity index is 2.38. The summed E-state index contributed by atoms with van der Waals surface area (Å²) in [6.45, 7) is 2.43. The van der Waals surface area contributed by atoms with Crippen molar-refractivity contribution >= 4 is 27.5 Å². The number of halogens is 4. The van der Waals surface area contributed by atoms with Crippen molar-refractivity contribution in [1.29, 1.82) is 0 Å². The van der Waals surface area contributed by atoms with Gasteiger partial charge in [0.15, 0.2) is 11.6 Å². The summed E-state index contributed by atoms with van der Waals surface area (Å²) in [7, 11) is 0. The zero-order chi connectivity index (χ0) is 14.7. The molecule has 0 aliphatic rings. The van der Waals surface area contributed by atoms with Gasteiger partial charge in [0, 0.05) is 10.0 Å². The highest BCUT2D eigenvalue weighted by atomic mass is 79.9. The highest BCUT2D eigenvalue weighted by molar-refractivity contribution is 9.10. The smallest absolute Gasteiger partial charge is 0.163 e. The van der Waals surface area contributed by atoms with Crippen molar-refractivity contribution in [3.8, 4) is 5.75 Å². The molecule has 1 unspecified atom stereocenters. The van der Waals surface area contributed by atoms with Gasteiger partial charge in [0.05, 0.1) is 12.0 Å². The van der Waals surface area contributed by atoms with Crippen LogP contribution in [0.3, 0.4) is 0 Å². The summed E-state index contributed by atoms with van der Waals surface area (Å²) in [6, 6.07) is 9.21. The third kappa shape index (κ3) is 3.13. The Morgan fingerprint density at radius 2 is 1.95 bits per heavy atom. The normalized spacial score (nSPS) is 12.2. The Bertz CT molecular complexity index is 619. The second kappa shape index (κ2) is 6.55. The maximum atomic E-state index is 13.8. The topological polar surface area (TPSA) is 9.23 Å². The minimum Gasteiger partial charge on any atom is -0.494 e. The maximum Gasteiger partial charge on any atom is 0.163 e. The number of hydrogen-bond acceptors (Lipinski definition) is 1. The van der Waals surface area contributed by atoms with Crippen molar-refractivity contribution in [2.45, 2.75) is 12.3 Å². The number of rotatable bonds is 4. The molecule has 0 aliphatic heterocycles. The van der Waals surface area contributed by atoms with Crippen LogP contribution in [0, 0.1) is 11.6 Å². The van der Waals surface area contributed by atoms with Crippen LogP contribution in [0.2, 0.25) is 0 Å². The molecule has 2 rings (SSSR count). The van der Waals surface area contributed by atoms with Crippen LogP contribution >= 0.6 is 27.5 Å². The fourth-order valence-electron chi connectivity index (χ4n) is 1.85. The average molecular weight is 362 g/mol. The van der Waals surface area contributed by atoms with Crippen molar-refractivity contribution in [3.63, 3.8) is 0 Å². The number of ether oxygens (including phenoxy) is 1. The molecule has 0 spiro atoms. The Labute approximate surface area is 129 Å². The van der Waals surface area contributed by atoms with Crippen molar-refractivity contribution in [1.82, 2.24) is 0 Å². The molecule has 0 bridgehead atoms. The van der Waals surface area contributed by atoms with E-state index in [0.29, 0.717) is 22.4 Å². The van der Waals surface area contributed by atoms with Crippen LogP contribution in [0.4, 0.5) is 8.78 Å². The van der Waals surface area contributed by atoms with E-state index < -0.39 is 17.0 Å². The van der Waals surface area contributed by atoms with E-state index in [2.05, 4.69) is 15.9 Å². The first-order valence-corrected chi connectivity index (χ1v) is 7.27. The lowest BCUT2D eigenvalue weighted by molar-refractivity contribution is 0.340. The molecule has 0 aliphatic carbocycles. The van der Waals surface area contributed by atoms with Crippen LogP contribution in [0.5, 0.6) is 5.75 Å².